The molecule has 150 valence electrons. The zero-order chi connectivity index (χ0) is 20.4. The lowest BCUT2D eigenvalue weighted by molar-refractivity contribution is -0.125. The molecule has 0 spiro atoms. The molecule has 6 nitrogen and oxygen atoms in total. The van der Waals surface area contributed by atoms with Gasteiger partial charge in [-0.1, -0.05) is 36.4 Å². The van der Waals surface area contributed by atoms with Crippen LogP contribution >= 0.6 is 0 Å². The van der Waals surface area contributed by atoms with Gasteiger partial charge in [0.2, 0.25) is 11.8 Å². The van der Waals surface area contributed by atoms with Crippen LogP contribution in [0.25, 0.3) is 21.8 Å². The molecule has 3 N–H and O–H groups in total. The zero-order valence-corrected chi connectivity index (χ0v) is 16.3. The van der Waals surface area contributed by atoms with Gasteiger partial charge in [-0.15, -0.1) is 0 Å². The summed E-state index contributed by atoms with van der Waals surface area (Å²) in [5, 5.41) is 14.3. The molecule has 0 bridgehead atoms. The summed E-state index contributed by atoms with van der Waals surface area (Å²) in [5.41, 5.74) is 4.86. The fraction of sp³-hybridized carbons (Fsp3) is 0.250. The largest absolute Gasteiger partial charge is 0.396 e. The van der Waals surface area contributed by atoms with E-state index in [1.165, 1.54) is 0 Å². The highest BCUT2D eigenvalue weighted by Crippen LogP contribution is 2.45. The Morgan fingerprint density at radius 1 is 0.933 bits per heavy atom. The molecule has 3 atom stereocenters. The maximum atomic E-state index is 13.0. The van der Waals surface area contributed by atoms with Gasteiger partial charge in [0.05, 0.1) is 24.0 Å². The van der Waals surface area contributed by atoms with Crippen molar-refractivity contribution in [2.45, 2.75) is 30.7 Å². The molecule has 2 aromatic carbocycles. The van der Waals surface area contributed by atoms with Crippen molar-refractivity contribution in [2.75, 3.05) is 6.61 Å². The third-order valence-electron chi connectivity index (χ3n) is 6.78. The summed E-state index contributed by atoms with van der Waals surface area (Å²) in [4.78, 5) is 29.1. The summed E-state index contributed by atoms with van der Waals surface area (Å²) < 4.78 is 2.18. The molecule has 0 saturated carbocycles. The summed E-state index contributed by atoms with van der Waals surface area (Å²) in [5.74, 6) is -1.56. The van der Waals surface area contributed by atoms with E-state index in [1.807, 2.05) is 48.8 Å². The monoisotopic (exact) mass is 399 g/mol. The maximum absolute atomic E-state index is 13.0. The Bertz CT molecular complexity index is 1330. The number of carbonyl (C=O) groups excluding carboxylic acids is 2. The van der Waals surface area contributed by atoms with E-state index >= 15 is 0 Å². The second-order valence-electron chi connectivity index (χ2n) is 8.29. The van der Waals surface area contributed by atoms with Gasteiger partial charge >= 0.3 is 0 Å². The third-order valence-corrected chi connectivity index (χ3v) is 6.78. The minimum atomic E-state index is -0.582. The van der Waals surface area contributed by atoms with Crippen molar-refractivity contribution in [1.82, 2.24) is 14.9 Å². The molecule has 0 radical (unpaired) electrons. The van der Waals surface area contributed by atoms with Crippen molar-refractivity contribution in [3.63, 3.8) is 0 Å². The first kappa shape index (κ1) is 17.5. The van der Waals surface area contributed by atoms with Crippen molar-refractivity contribution in [2.24, 2.45) is 0 Å². The van der Waals surface area contributed by atoms with Crippen LogP contribution in [0, 0.1) is 0 Å². The number of nitrogens with zero attached hydrogens (tertiary/aromatic N) is 1. The number of aryl methyl sites for hydroxylation is 1. The summed E-state index contributed by atoms with van der Waals surface area (Å²) in [7, 11) is 0. The number of carbonyl (C=O) groups is 2. The molecule has 1 fully saturated rings. The number of H-pyrrole nitrogens is 1. The Labute approximate surface area is 172 Å². The van der Waals surface area contributed by atoms with Crippen molar-refractivity contribution in [3.8, 4) is 0 Å². The van der Waals surface area contributed by atoms with E-state index in [0.29, 0.717) is 0 Å². The molecule has 6 rings (SSSR count). The standard InChI is InChI=1S/C24H21N3O3/c28-12-13-8-9-27-11-18(16-6-3-5-14(13)22(16)27)21-20(23(29)26-24(21)30)17-10-25-19-7-2-1-4-15(17)19/h1-7,10-11,13,20-21,25,28H,8-9,12H2,(H,26,29,30). The van der Waals surface area contributed by atoms with Crippen LogP contribution in [0.5, 0.6) is 0 Å². The first-order valence-corrected chi connectivity index (χ1v) is 10.3. The lowest BCUT2D eigenvalue weighted by Crippen LogP contribution is -2.21. The molecule has 2 aromatic heterocycles. The van der Waals surface area contributed by atoms with Gasteiger partial charge in [-0.25, -0.2) is 0 Å². The van der Waals surface area contributed by atoms with Crippen LogP contribution in [-0.4, -0.2) is 33.1 Å². The normalized spacial score (nSPS) is 23.4. The zero-order valence-electron chi connectivity index (χ0n) is 16.3. The fourth-order valence-electron chi connectivity index (χ4n) is 5.38. The van der Waals surface area contributed by atoms with Gasteiger partial charge in [-0.05, 0) is 29.2 Å². The van der Waals surface area contributed by atoms with E-state index in [9.17, 15) is 14.7 Å². The number of aliphatic hydroxyl groups excluding tert-OH is 1. The van der Waals surface area contributed by atoms with Crippen molar-refractivity contribution < 1.29 is 14.7 Å². The van der Waals surface area contributed by atoms with E-state index < -0.39 is 11.8 Å². The maximum Gasteiger partial charge on any atom is 0.235 e. The van der Waals surface area contributed by atoms with Crippen molar-refractivity contribution in [3.05, 3.63) is 71.5 Å². The Hall–Kier alpha value is -3.38. The highest BCUT2D eigenvalue weighted by Gasteiger charge is 2.46. The van der Waals surface area contributed by atoms with Crippen molar-refractivity contribution in [1.29, 1.82) is 0 Å². The van der Waals surface area contributed by atoms with E-state index in [2.05, 4.69) is 20.9 Å². The second kappa shape index (κ2) is 6.31. The number of amides is 2. The topological polar surface area (TPSA) is 87.1 Å². The number of imide groups is 1. The summed E-state index contributed by atoms with van der Waals surface area (Å²) in [6.07, 6.45) is 4.75. The molecular formula is C24H21N3O3. The first-order valence-electron chi connectivity index (χ1n) is 10.3. The van der Waals surface area contributed by atoms with Crippen LogP contribution in [0.1, 0.15) is 40.9 Å². The molecular weight excluding hydrogens is 378 g/mol. The van der Waals surface area contributed by atoms with E-state index in [-0.39, 0.29) is 24.3 Å². The summed E-state index contributed by atoms with van der Waals surface area (Å²) in [6.45, 7) is 0.902. The number of aromatic amines is 1. The molecule has 0 aliphatic carbocycles. The average Bonchev–Trinajstić information content (AvgIpc) is 3.42. The predicted molar refractivity (Wildman–Crippen MR) is 113 cm³/mol. The van der Waals surface area contributed by atoms with Crippen LogP contribution < -0.4 is 5.32 Å². The van der Waals surface area contributed by atoms with Crippen LogP contribution in [0.3, 0.4) is 0 Å². The molecule has 1 saturated heterocycles. The number of benzene rings is 2. The minimum Gasteiger partial charge on any atom is -0.396 e. The Kier molecular flexibility index (Phi) is 3.67. The van der Waals surface area contributed by atoms with Gasteiger partial charge in [0.1, 0.15) is 0 Å². The van der Waals surface area contributed by atoms with Gasteiger partial charge in [-0.3, -0.25) is 14.9 Å². The highest BCUT2D eigenvalue weighted by molar-refractivity contribution is 6.13. The Balaban J connectivity index is 1.56. The number of fused-ring (bicyclic) bond motifs is 1. The van der Waals surface area contributed by atoms with Gasteiger partial charge in [0.15, 0.2) is 0 Å². The third kappa shape index (κ3) is 2.28. The van der Waals surface area contributed by atoms with Crippen LogP contribution in [-0.2, 0) is 16.1 Å². The molecule has 6 heteroatoms. The Morgan fingerprint density at radius 3 is 2.53 bits per heavy atom. The predicted octanol–water partition coefficient (Wildman–Crippen LogP) is 3.13. The molecule has 2 amide bonds. The van der Waals surface area contributed by atoms with E-state index in [1.54, 1.807) is 0 Å². The van der Waals surface area contributed by atoms with E-state index in [4.69, 9.17) is 0 Å². The molecule has 30 heavy (non-hydrogen) atoms. The number of aromatic nitrogens is 2. The minimum absolute atomic E-state index is 0.104. The quantitative estimate of drug-likeness (QED) is 0.463. The molecule has 3 unspecified atom stereocenters. The lowest BCUT2D eigenvalue weighted by Gasteiger charge is -2.23. The summed E-state index contributed by atoms with van der Waals surface area (Å²) >= 11 is 0. The van der Waals surface area contributed by atoms with Crippen LogP contribution in [0.4, 0.5) is 0 Å². The van der Waals surface area contributed by atoms with Gasteiger partial charge in [-0.2, -0.15) is 0 Å². The number of rotatable bonds is 3. The number of aliphatic hydroxyl groups is 1. The first-order chi connectivity index (χ1) is 14.7. The van der Waals surface area contributed by atoms with Crippen LogP contribution in [0.2, 0.25) is 0 Å². The second-order valence-corrected chi connectivity index (χ2v) is 8.29. The molecule has 2 aliphatic heterocycles. The smallest absolute Gasteiger partial charge is 0.235 e. The Morgan fingerprint density at radius 2 is 1.70 bits per heavy atom. The number of para-hydroxylation sites is 2. The molecule has 4 heterocycles. The number of hydrogen-bond donors (Lipinski definition) is 3. The molecule has 2 aliphatic rings. The number of hydrogen-bond acceptors (Lipinski definition) is 3. The fourth-order valence-corrected chi connectivity index (χ4v) is 5.38. The SMILES string of the molecule is O=C1NC(=O)C(c2cn3c4c(cccc24)C(CO)CC3)C1c1c[nH]c2ccccc12. The molecule has 4 aromatic rings. The average molecular weight is 399 g/mol. The lowest BCUT2D eigenvalue weighted by atomic mass is 9.82. The van der Waals surface area contributed by atoms with Gasteiger partial charge < -0.3 is 14.7 Å². The van der Waals surface area contributed by atoms with E-state index in [0.717, 1.165) is 51.5 Å². The summed E-state index contributed by atoms with van der Waals surface area (Å²) in [6, 6.07) is 13.9. The van der Waals surface area contributed by atoms with Gasteiger partial charge in [0.25, 0.3) is 0 Å². The number of nitrogens with one attached hydrogen (secondary N) is 2. The van der Waals surface area contributed by atoms with Gasteiger partial charge in [0, 0.05) is 41.1 Å². The van der Waals surface area contributed by atoms with Crippen molar-refractivity contribution >= 4 is 33.6 Å². The van der Waals surface area contributed by atoms with Crippen LogP contribution in [0.15, 0.2) is 54.9 Å². The highest BCUT2D eigenvalue weighted by atomic mass is 16.3.